The van der Waals surface area contributed by atoms with Crippen LogP contribution in [0.25, 0.3) is 99.2 Å². The van der Waals surface area contributed by atoms with E-state index in [1.165, 1.54) is 60.3 Å². The number of nitrogens with zero attached hydrogens (tertiary/aromatic N) is 2. The highest BCUT2D eigenvalue weighted by Gasteiger charge is 2.21. The molecule has 0 aliphatic heterocycles. The molecule has 0 N–H and O–H groups in total. The van der Waals surface area contributed by atoms with Crippen molar-refractivity contribution in [3.63, 3.8) is 0 Å². The molecule has 3 heteroatoms. The number of rotatable bonds is 4. The quantitative estimate of drug-likeness (QED) is 0.186. The third-order valence-corrected chi connectivity index (χ3v) is 10.5. The second-order valence-corrected chi connectivity index (χ2v) is 13.3. The lowest BCUT2D eigenvalue weighted by molar-refractivity contribution is 0.669. The lowest BCUT2D eigenvalue weighted by atomic mass is 9.92. The van der Waals surface area contributed by atoms with E-state index in [0.717, 1.165) is 38.8 Å². The lowest BCUT2D eigenvalue weighted by Gasteiger charge is -2.13. The molecule has 0 spiro atoms. The Morgan fingerprint density at radius 3 is 1.80 bits per heavy atom. The normalized spacial score (nSPS) is 11.9. The van der Waals surface area contributed by atoms with Crippen molar-refractivity contribution in [1.82, 2.24) is 9.13 Å². The van der Waals surface area contributed by atoms with Crippen molar-refractivity contribution >= 4 is 65.6 Å². The molecule has 8 aromatic carbocycles. The molecule has 11 aromatic rings. The molecule has 3 aromatic heterocycles. The monoisotopic (exact) mass is 650 g/mol. The highest BCUT2D eigenvalue weighted by molar-refractivity contribution is 6.18. The van der Waals surface area contributed by atoms with Crippen LogP contribution in [0.15, 0.2) is 186 Å². The van der Waals surface area contributed by atoms with E-state index in [9.17, 15) is 0 Å². The van der Waals surface area contributed by atoms with Crippen molar-refractivity contribution in [2.24, 2.45) is 0 Å². The number of aromatic nitrogens is 2. The van der Waals surface area contributed by atoms with Gasteiger partial charge in [-0.1, -0.05) is 127 Å². The van der Waals surface area contributed by atoms with Crippen LogP contribution in [0.2, 0.25) is 0 Å². The Labute approximate surface area is 293 Å². The Bertz CT molecular complexity index is 3140. The Kier molecular flexibility index (Phi) is 5.96. The Morgan fingerprint density at radius 1 is 0.333 bits per heavy atom. The van der Waals surface area contributed by atoms with Crippen molar-refractivity contribution in [2.45, 2.75) is 0 Å². The van der Waals surface area contributed by atoms with Gasteiger partial charge in [-0.3, -0.25) is 0 Å². The summed E-state index contributed by atoms with van der Waals surface area (Å²) in [6.07, 6.45) is 0. The molecule has 0 amide bonds. The summed E-state index contributed by atoms with van der Waals surface area (Å²) in [6, 6.07) is 65.5. The zero-order valence-corrected chi connectivity index (χ0v) is 27.6. The van der Waals surface area contributed by atoms with Crippen LogP contribution in [0.3, 0.4) is 0 Å². The largest absolute Gasteiger partial charge is 0.456 e. The molecule has 0 atom stereocenters. The Balaban J connectivity index is 1.18. The first-order chi connectivity index (χ1) is 25.3. The summed E-state index contributed by atoms with van der Waals surface area (Å²) in [5, 5.41) is 7.19. The molecule has 11 rings (SSSR count). The molecule has 0 aliphatic rings. The van der Waals surface area contributed by atoms with Gasteiger partial charge >= 0.3 is 0 Å². The van der Waals surface area contributed by atoms with E-state index in [1.54, 1.807) is 0 Å². The average molecular weight is 651 g/mol. The summed E-state index contributed by atoms with van der Waals surface area (Å²) in [5.41, 5.74) is 13.7. The van der Waals surface area contributed by atoms with Crippen LogP contribution in [-0.2, 0) is 0 Å². The first-order valence-corrected chi connectivity index (χ1v) is 17.4. The summed E-state index contributed by atoms with van der Waals surface area (Å²) in [6.45, 7) is 0. The summed E-state index contributed by atoms with van der Waals surface area (Å²) in [4.78, 5) is 0. The predicted molar refractivity (Wildman–Crippen MR) is 213 cm³/mol. The van der Waals surface area contributed by atoms with Crippen LogP contribution in [-0.4, -0.2) is 9.13 Å². The molecule has 0 saturated heterocycles. The molecular weight excluding hydrogens is 621 g/mol. The number of hydrogen-bond donors (Lipinski definition) is 0. The van der Waals surface area contributed by atoms with E-state index < -0.39 is 0 Å². The first kappa shape index (κ1) is 28.0. The van der Waals surface area contributed by atoms with E-state index >= 15 is 0 Å². The molecule has 0 radical (unpaired) electrons. The minimum Gasteiger partial charge on any atom is -0.456 e. The highest BCUT2D eigenvalue weighted by Crippen LogP contribution is 2.43. The van der Waals surface area contributed by atoms with Gasteiger partial charge in [-0.15, -0.1) is 0 Å². The molecular formula is C48H30N2O. The van der Waals surface area contributed by atoms with Crippen molar-refractivity contribution < 1.29 is 4.42 Å². The zero-order valence-electron chi connectivity index (χ0n) is 27.6. The van der Waals surface area contributed by atoms with E-state index in [1.807, 2.05) is 6.07 Å². The fourth-order valence-electron chi connectivity index (χ4n) is 8.41. The second kappa shape index (κ2) is 10.8. The van der Waals surface area contributed by atoms with Crippen LogP contribution in [0.4, 0.5) is 0 Å². The van der Waals surface area contributed by atoms with Crippen molar-refractivity contribution in [2.75, 3.05) is 0 Å². The lowest BCUT2D eigenvalue weighted by Crippen LogP contribution is -1.96. The van der Waals surface area contributed by atoms with Crippen LogP contribution in [0.5, 0.6) is 0 Å². The molecule has 0 unspecified atom stereocenters. The van der Waals surface area contributed by atoms with Gasteiger partial charge in [0.25, 0.3) is 0 Å². The van der Waals surface area contributed by atoms with Crippen LogP contribution >= 0.6 is 0 Å². The first-order valence-electron chi connectivity index (χ1n) is 17.4. The van der Waals surface area contributed by atoms with Gasteiger partial charge in [-0.2, -0.15) is 0 Å². The summed E-state index contributed by atoms with van der Waals surface area (Å²) in [7, 11) is 0. The molecule has 51 heavy (non-hydrogen) atoms. The van der Waals surface area contributed by atoms with Crippen LogP contribution in [0.1, 0.15) is 0 Å². The van der Waals surface area contributed by atoms with Gasteiger partial charge in [0.05, 0.1) is 33.1 Å². The molecule has 0 saturated carbocycles. The minimum absolute atomic E-state index is 0.895. The van der Waals surface area contributed by atoms with Gasteiger partial charge in [0, 0.05) is 32.6 Å². The third-order valence-electron chi connectivity index (χ3n) is 10.5. The number of benzene rings is 8. The van der Waals surface area contributed by atoms with Gasteiger partial charge in [-0.25, -0.2) is 0 Å². The standard InChI is InChI=1S/C48H30N2O/c1-2-14-31(15-3-1)33-16-4-5-17-34(33)36-21-12-24-43-47(36)37-19-7-10-23-41(37)49(43)32-28-29-42-39(30-32)35-18-6-9-22-40(35)50(42)44-25-13-27-46-48(44)38-20-8-11-26-45(38)51-46/h1-30H. The summed E-state index contributed by atoms with van der Waals surface area (Å²) >= 11 is 0. The fraction of sp³-hybridized carbons (Fsp3) is 0. The molecule has 0 aliphatic carbocycles. The van der Waals surface area contributed by atoms with E-state index in [-0.39, 0.29) is 0 Å². The van der Waals surface area contributed by atoms with E-state index in [2.05, 4.69) is 185 Å². The SMILES string of the molecule is c1ccc(-c2ccccc2-c2cccc3c2c2ccccc2n3-c2ccc3c(c2)c2ccccc2n3-c2cccc3oc4ccccc4c23)cc1. The van der Waals surface area contributed by atoms with Crippen LogP contribution in [0, 0.1) is 0 Å². The molecule has 3 nitrogen and oxygen atoms in total. The molecule has 0 bridgehead atoms. The maximum atomic E-state index is 6.32. The number of para-hydroxylation sites is 3. The molecule has 0 fully saturated rings. The van der Waals surface area contributed by atoms with Crippen molar-refractivity contribution in [3.05, 3.63) is 182 Å². The predicted octanol–water partition coefficient (Wildman–Crippen LogP) is 13.1. The highest BCUT2D eigenvalue weighted by atomic mass is 16.3. The Hall–Kier alpha value is -6.84. The van der Waals surface area contributed by atoms with Gasteiger partial charge in [0.1, 0.15) is 11.2 Å². The van der Waals surface area contributed by atoms with Gasteiger partial charge in [0.15, 0.2) is 0 Å². The third kappa shape index (κ3) is 4.06. The van der Waals surface area contributed by atoms with E-state index in [0.29, 0.717) is 0 Å². The molecule has 238 valence electrons. The van der Waals surface area contributed by atoms with E-state index in [4.69, 9.17) is 4.42 Å². The smallest absolute Gasteiger partial charge is 0.137 e. The summed E-state index contributed by atoms with van der Waals surface area (Å²) < 4.78 is 11.2. The van der Waals surface area contributed by atoms with Gasteiger partial charge < -0.3 is 13.6 Å². The fourth-order valence-corrected chi connectivity index (χ4v) is 8.41. The number of fused-ring (bicyclic) bond motifs is 9. The minimum atomic E-state index is 0.895. The average Bonchev–Trinajstić information content (AvgIpc) is 3.86. The second-order valence-electron chi connectivity index (χ2n) is 13.3. The molecule has 3 heterocycles. The number of furan rings is 1. The van der Waals surface area contributed by atoms with Crippen molar-refractivity contribution in [1.29, 1.82) is 0 Å². The van der Waals surface area contributed by atoms with Gasteiger partial charge in [0.2, 0.25) is 0 Å². The zero-order chi connectivity index (χ0) is 33.5. The summed E-state index contributed by atoms with van der Waals surface area (Å²) in [5.74, 6) is 0. The maximum Gasteiger partial charge on any atom is 0.137 e. The maximum absolute atomic E-state index is 6.32. The van der Waals surface area contributed by atoms with Crippen molar-refractivity contribution in [3.8, 4) is 33.6 Å². The Morgan fingerprint density at radius 2 is 0.941 bits per heavy atom. The van der Waals surface area contributed by atoms with Gasteiger partial charge in [-0.05, 0) is 76.9 Å². The van der Waals surface area contributed by atoms with Crippen LogP contribution < -0.4 is 0 Å². The topological polar surface area (TPSA) is 23.0 Å². The number of hydrogen-bond acceptors (Lipinski definition) is 1.